The van der Waals surface area contributed by atoms with Crippen molar-refractivity contribution in [2.24, 2.45) is 0 Å². The number of nitrogens with zero attached hydrogens (tertiary/aromatic N) is 4. The van der Waals surface area contributed by atoms with Crippen LogP contribution in [0.25, 0.3) is 10.2 Å². The van der Waals surface area contributed by atoms with Gasteiger partial charge in [0.05, 0.1) is 34.8 Å². The summed E-state index contributed by atoms with van der Waals surface area (Å²) in [5, 5.41) is 11.6. The predicted molar refractivity (Wildman–Crippen MR) is 126 cm³/mol. The van der Waals surface area contributed by atoms with E-state index in [-0.39, 0.29) is 18.0 Å². The van der Waals surface area contributed by atoms with Crippen molar-refractivity contribution in [3.63, 3.8) is 0 Å². The molecule has 168 valence electrons. The van der Waals surface area contributed by atoms with Crippen molar-refractivity contribution < 1.29 is 14.5 Å². The smallest absolute Gasteiger partial charge is 0.269 e. The number of thiazole rings is 1. The lowest BCUT2D eigenvalue weighted by Gasteiger charge is -2.29. The zero-order valence-corrected chi connectivity index (χ0v) is 19.1. The molecule has 0 atom stereocenters. The fraction of sp³-hybridized carbons (Fsp3) is 0.391. The first-order valence-electron chi connectivity index (χ1n) is 10.6. The molecule has 0 aliphatic carbocycles. The van der Waals surface area contributed by atoms with E-state index in [9.17, 15) is 14.9 Å². The van der Waals surface area contributed by atoms with Gasteiger partial charge in [-0.3, -0.25) is 24.7 Å². The number of carbonyl (C=O) groups excluding carboxylic acids is 1. The number of ether oxygens (including phenoxy) is 1. The van der Waals surface area contributed by atoms with Gasteiger partial charge in [-0.05, 0) is 36.6 Å². The van der Waals surface area contributed by atoms with Crippen molar-refractivity contribution in [1.82, 2.24) is 9.88 Å². The number of aryl methyl sites for hydroxylation is 2. The molecule has 1 aliphatic heterocycles. The zero-order chi connectivity index (χ0) is 22.7. The lowest BCUT2D eigenvalue weighted by Crippen LogP contribution is -2.43. The van der Waals surface area contributed by atoms with Crippen molar-refractivity contribution in [2.45, 2.75) is 20.3 Å². The predicted octanol–water partition coefficient (Wildman–Crippen LogP) is 3.73. The molecule has 1 fully saturated rings. The van der Waals surface area contributed by atoms with E-state index in [1.807, 2.05) is 0 Å². The number of nitro groups is 1. The van der Waals surface area contributed by atoms with Gasteiger partial charge < -0.3 is 4.74 Å². The van der Waals surface area contributed by atoms with Gasteiger partial charge in [-0.1, -0.05) is 29.5 Å². The van der Waals surface area contributed by atoms with Gasteiger partial charge in [-0.2, -0.15) is 0 Å². The van der Waals surface area contributed by atoms with E-state index >= 15 is 0 Å². The van der Waals surface area contributed by atoms with Crippen LogP contribution in [0.15, 0.2) is 36.4 Å². The first-order valence-corrected chi connectivity index (χ1v) is 11.4. The highest BCUT2D eigenvalue weighted by atomic mass is 32.1. The molecule has 2 aromatic carbocycles. The summed E-state index contributed by atoms with van der Waals surface area (Å²) in [5.41, 5.74) is 3.99. The average molecular weight is 455 g/mol. The van der Waals surface area contributed by atoms with Crippen LogP contribution in [0.3, 0.4) is 0 Å². The van der Waals surface area contributed by atoms with Gasteiger partial charge in [0.2, 0.25) is 5.91 Å². The Morgan fingerprint density at radius 3 is 2.59 bits per heavy atom. The van der Waals surface area contributed by atoms with Gasteiger partial charge in [0.15, 0.2) is 5.13 Å². The number of hydrogen-bond acceptors (Lipinski definition) is 7. The number of non-ortho nitro benzene ring substituents is 1. The van der Waals surface area contributed by atoms with Crippen molar-refractivity contribution in [1.29, 1.82) is 0 Å². The Hall–Kier alpha value is -2.88. The van der Waals surface area contributed by atoms with Gasteiger partial charge in [0.25, 0.3) is 5.69 Å². The molecule has 3 aromatic rings. The lowest BCUT2D eigenvalue weighted by molar-refractivity contribution is -0.384. The highest BCUT2D eigenvalue weighted by Gasteiger charge is 2.22. The number of anilines is 1. The van der Waals surface area contributed by atoms with E-state index in [4.69, 9.17) is 9.72 Å². The summed E-state index contributed by atoms with van der Waals surface area (Å²) in [6.07, 6.45) is 0.162. The van der Waals surface area contributed by atoms with Gasteiger partial charge in [0.1, 0.15) is 0 Å². The summed E-state index contributed by atoms with van der Waals surface area (Å²) in [6, 6.07) is 10.3. The van der Waals surface area contributed by atoms with E-state index in [0.717, 1.165) is 41.0 Å². The molecule has 8 nitrogen and oxygen atoms in total. The van der Waals surface area contributed by atoms with Gasteiger partial charge in [0, 0.05) is 38.3 Å². The van der Waals surface area contributed by atoms with Crippen LogP contribution >= 0.6 is 11.3 Å². The molecule has 0 spiro atoms. The Morgan fingerprint density at radius 1 is 1.19 bits per heavy atom. The van der Waals surface area contributed by atoms with Gasteiger partial charge >= 0.3 is 0 Å². The molecule has 32 heavy (non-hydrogen) atoms. The molecule has 1 amide bonds. The maximum absolute atomic E-state index is 13.3. The van der Waals surface area contributed by atoms with Crippen LogP contribution < -0.4 is 4.90 Å². The Labute approximate surface area is 190 Å². The SMILES string of the molecule is Cc1ccc2sc(N(CCN3CCOCC3)C(=O)Cc3ccc([N+](=O)[O-])cc3)nc2c1C. The number of carbonyl (C=O) groups is 1. The number of aromatic nitrogens is 1. The monoisotopic (exact) mass is 454 g/mol. The lowest BCUT2D eigenvalue weighted by atomic mass is 10.1. The Bertz CT molecular complexity index is 1120. The van der Waals surface area contributed by atoms with E-state index in [1.54, 1.807) is 17.0 Å². The number of morpholine rings is 1. The third-order valence-electron chi connectivity index (χ3n) is 5.85. The van der Waals surface area contributed by atoms with Crippen LogP contribution in [0.4, 0.5) is 10.8 Å². The van der Waals surface area contributed by atoms with Crippen molar-refractivity contribution in [3.8, 4) is 0 Å². The van der Waals surface area contributed by atoms with E-state index < -0.39 is 4.92 Å². The molecule has 1 saturated heterocycles. The molecular weight excluding hydrogens is 428 g/mol. The number of fused-ring (bicyclic) bond motifs is 1. The molecule has 4 rings (SSSR count). The van der Waals surface area contributed by atoms with Crippen LogP contribution in [0.1, 0.15) is 16.7 Å². The van der Waals surface area contributed by atoms with Gasteiger partial charge in [-0.25, -0.2) is 4.98 Å². The maximum atomic E-state index is 13.3. The summed E-state index contributed by atoms with van der Waals surface area (Å²) >= 11 is 1.52. The van der Waals surface area contributed by atoms with Crippen LogP contribution in [0.5, 0.6) is 0 Å². The molecule has 0 radical (unpaired) electrons. The van der Waals surface area contributed by atoms with Crippen LogP contribution in [-0.2, 0) is 16.0 Å². The van der Waals surface area contributed by atoms with Crippen LogP contribution in [0.2, 0.25) is 0 Å². The quantitative estimate of drug-likeness (QED) is 0.399. The number of hydrogen-bond donors (Lipinski definition) is 0. The van der Waals surface area contributed by atoms with Crippen molar-refractivity contribution >= 4 is 38.3 Å². The molecule has 2 heterocycles. The Kier molecular flexibility index (Phi) is 6.78. The molecule has 0 N–H and O–H groups in total. The minimum absolute atomic E-state index is 0.0161. The van der Waals surface area contributed by atoms with E-state index in [1.165, 1.54) is 29.0 Å². The van der Waals surface area contributed by atoms with Gasteiger partial charge in [-0.15, -0.1) is 0 Å². The summed E-state index contributed by atoms with van der Waals surface area (Å²) < 4.78 is 6.49. The van der Waals surface area contributed by atoms with Crippen LogP contribution in [0, 0.1) is 24.0 Å². The molecule has 9 heteroatoms. The minimum Gasteiger partial charge on any atom is -0.379 e. The molecule has 1 aliphatic rings. The minimum atomic E-state index is -0.439. The topological polar surface area (TPSA) is 88.8 Å². The Morgan fingerprint density at radius 2 is 1.91 bits per heavy atom. The van der Waals surface area contributed by atoms with Crippen molar-refractivity contribution in [2.75, 3.05) is 44.3 Å². The van der Waals surface area contributed by atoms with E-state index in [0.29, 0.717) is 24.9 Å². The maximum Gasteiger partial charge on any atom is 0.269 e. The summed E-state index contributed by atoms with van der Waals surface area (Å²) in [7, 11) is 0. The second-order valence-corrected chi connectivity index (χ2v) is 8.96. The van der Waals surface area contributed by atoms with E-state index in [2.05, 4.69) is 30.9 Å². The largest absolute Gasteiger partial charge is 0.379 e. The zero-order valence-electron chi connectivity index (χ0n) is 18.2. The second kappa shape index (κ2) is 9.72. The first kappa shape index (κ1) is 22.3. The molecule has 1 aromatic heterocycles. The molecular formula is C23H26N4O4S. The highest BCUT2D eigenvalue weighted by Crippen LogP contribution is 2.32. The third-order valence-corrected chi connectivity index (χ3v) is 6.90. The fourth-order valence-electron chi connectivity index (χ4n) is 3.73. The standard InChI is InChI=1S/C23H26N4O4S/c1-16-3-8-20-22(17(16)2)24-23(32-20)26(10-9-25-11-13-31-14-12-25)21(28)15-18-4-6-19(7-5-18)27(29)30/h3-8H,9-15H2,1-2H3. The fourth-order valence-corrected chi connectivity index (χ4v) is 4.80. The van der Waals surface area contributed by atoms with Crippen LogP contribution in [-0.4, -0.2) is 60.1 Å². The second-order valence-electron chi connectivity index (χ2n) is 7.95. The first-order chi connectivity index (χ1) is 15.4. The summed E-state index contributed by atoms with van der Waals surface area (Å²) in [4.78, 5) is 32.7. The third kappa shape index (κ3) is 4.95. The summed E-state index contributed by atoms with van der Waals surface area (Å²) in [5.74, 6) is -0.0689. The number of benzene rings is 2. The average Bonchev–Trinajstić information content (AvgIpc) is 3.22. The Balaban J connectivity index is 1.58. The molecule has 0 saturated carbocycles. The summed E-state index contributed by atoms with van der Waals surface area (Å²) in [6.45, 7) is 8.49. The number of rotatable bonds is 7. The number of nitro benzene ring substituents is 1. The highest BCUT2D eigenvalue weighted by molar-refractivity contribution is 7.22. The van der Waals surface area contributed by atoms with Crippen molar-refractivity contribution in [3.05, 3.63) is 63.2 Å². The number of amides is 1. The normalized spacial score (nSPS) is 14.6. The molecule has 0 bridgehead atoms. The molecule has 0 unspecified atom stereocenters.